The lowest BCUT2D eigenvalue weighted by molar-refractivity contribution is -0.128. The summed E-state index contributed by atoms with van der Waals surface area (Å²) >= 11 is 1.22. The normalized spacial score (nSPS) is 11.7. The predicted octanol–water partition coefficient (Wildman–Crippen LogP) is 4.07. The Bertz CT molecular complexity index is 962. The Balaban J connectivity index is 1.62. The number of benzene rings is 2. The molecule has 1 amide bonds. The number of amides is 1. The summed E-state index contributed by atoms with van der Waals surface area (Å²) in [5.74, 6) is 1.74. The van der Waals surface area contributed by atoms with Gasteiger partial charge in [0.25, 0.3) is 5.22 Å². The van der Waals surface area contributed by atoms with Crippen molar-refractivity contribution in [2.75, 3.05) is 27.0 Å². The zero-order valence-corrected chi connectivity index (χ0v) is 17.6. The zero-order valence-electron chi connectivity index (χ0n) is 16.8. The Morgan fingerprint density at radius 1 is 1.10 bits per heavy atom. The van der Waals surface area contributed by atoms with E-state index in [9.17, 15) is 4.79 Å². The van der Waals surface area contributed by atoms with Gasteiger partial charge in [-0.15, -0.1) is 10.2 Å². The number of thioether (sulfide) groups is 1. The van der Waals surface area contributed by atoms with Crippen molar-refractivity contribution < 1.29 is 18.7 Å². The highest BCUT2D eigenvalue weighted by Crippen LogP contribution is 2.32. The lowest BCUT2D eigenvalue weighted by Gasteiger charge is -2.25. The maximum Gasteiger partial charge on any atom is 0.277 e. The first-order valence-electron chi connectivity index (χ1n) is 9.02. The first-order chi connectivity index (χ1) is 14.0. The first-order valence-corrected chi connectivity index (χ1v) is 10.0. The van der Waals surface area contributed by atoms with Gasteiger partial charge >= 0.3 is 0 Å². The van der Waals surface area contributed by atoms with Crippen molar-refractivity contribution in [3.8, 4) is 23.0 Å². The third kappa shape index (κ3) is 4.89. The van der Waals surface area contributed by atoms with E-state index in [2.05, 4.69) is 10.2 Å². The van der Waals surface area contributed by atoms with Crippen LogP contribution in [0.2, 0.25) is 0 Å². The van der Waals surface area contributed by atoms with E-state index in [1.54, 1.807) is 38.3 Å². The maximum absolute atomic E-state index is 12.5. The fraction of sp³-hybridized carbons (Fsp3) is 0.286. The van der Waals surface area contributed by atoms with Crippen LogP contribution >= 0.6 is 11.8 Å². The number of carbonyl (C=O) groups excluding carboxylic acids is 1. The summed E-state index contributed by atoms with van der Waals surface area (Å²) in [5, 5.41) is 8.43. The number of ether oxygens (including phenoxy) is 2. The van der Waals surface area contributed by atoms with Crippen molar-refractivity contribution in [2.24, 2.45) is 0 Å². The molecule has 8 heteroatoms. The summed E-state index contributed by atoms with van der Waals surface area (Å²) in [4.78, 5) is 14.3. The van der Waals surface area contributed by atoms with Gasteiger partial charge in [0.2, 0.25) is 11.8 Å². The molecule has 1 heterocycles. The van der Waals surface area contributed by atoms with Crippen molar-refractivity contribution in [1.82, 2.24) is 15.1 Å². The second-order valence-electron chi connectivity index (χ2n) is 6.32. The average molecular weight is 413 g/mol. The minimum atomic E-state index is -0.0192. The molecule has 0 bridgehead atoms. The molecule has 152 valence electrons. The number of rotatable bonds is 8. The van der Waals surface area contributed by atoms with Crippen LogP contribution in [0, 0.1) is 0 Å². The van der Waals surface area contributed by atoms with Gasteiger partial charge in [0.1, 0.15) is 0 Å². The fourth-order valence-corrected chi connectivity index (χ4v) is 3.44. The van der Waals surface area contributed by atoms with E-state index in [0.29, 0.717) is 28.2 Å². The van der Waals surface area contributed by atoms with E-state index in [1.807, 2.05) is 43.3 Å². The van der Waals surface area contributed by atoms with Crippen LogP contribution in [0.5, 0.6) is 11.5 Å². The monoisotopic (exact) mass is 413 g/mol. The number of hydrogen-bond acceptors (Lipinski definition) is 7. The molecule has 0 aliphatic heterocycles. The van der Waals surface area contributed by atoms with Gasteiger partial charge in [0.15, 0.2) is 11.5 Å². The molecule has 0 spiro atoms. The molecule has 2 aromatic carbocycles. The van der Waals surface area contributed by atoms with Gasteiger partial charge in [-0.25, -0.2) is 0 Å². The van der Waals surface area contributed by atoms with Gasteiger partial charge in [0.05, 0.1) is 26.0 Å². The molecule has 1 atom stereocenters. The minimum absolute atomic E-state index is 0.0165. The zero-order chi connectivity index (χ0) is 20.8. The van der Waals surface area contributed by atoms with E-state index >= 15 is 0 Å². The molecule has 3 aromatic rings. The molecule has 7 nitrogen and oxygen atoms in total. The lowest BCUT2D eigenvalue weighted by Crippen LogP contribution is -2.31. The van der Waals surface area contributed by atoms with Crippen LogP contribution < -0.4 is 9.47 Å². The number of nitrogens with zero attached hydrogens (tertiary/aromatic N) is 3. The SMILES string of the molecule is COc1ccc(-c2nnc(SCC(=O)N(C)C(C)c3ccccc3)o2)cc1OC. The number of methoxy groups -OCH3 is 2. The topological polar surface area (TPSA) is 77.7 Å². The largest absolute Gasteiger partial charge is 0.493 e. The van der Waals surface area contributed by atoms with Gasteiger partial charge in [-0.2, -0.15) is 0 Å². The Kier molecular flexibility index (Phi) is 6.77. The van der Waals surface area contributed by atoms with Crippen LogP contribution in [0.1, 0.15) is 18.5 Å². The van der Waals surface area contributed by atoms with Crippen molar-refractivity contribution in [3.05, 3.63) is 54.1 Å². The molecule has 0 saturated carbocycles. The molecule has 1 unspecified atom stereocenters. The third-order valence-electron chi connectivity index (χ3n) is 4.61. The highest BCUT2D eigenvalue weighted by molar-refractivity contribution is 7.99. The molecule has 0 fully saturated rings. The summed E-state index contributed by atoms with van der Waals surface area (Å²) in [5.41, 5.74) is 1.80. The Labute approximate surface area is 174 Å². The van der Waals surface area contributed by atoms with Gasteiger partial charge in [-0.3, -0.25) is 4.79 Å². The van der Waals surface area contributed by atoms with Gasteiger partial charge in [-0.05, 0) is 30.7 Å². The molecule has 1 aromatic heterocycles. The minimum Gasteiger partial charge on any atom is -0.493 e. The van der Waals surface area contributed by atoms with Crippen molar-refractivity contribution in [3.63, 3.8) is 0 Å². The Morgan fingerprint density at radius 3 is 2.52 bits per heavy atom. The second kappa shape index (κ2) is 9.47. The van der Waals surface area contributed by atoms with E-state index < -0.39 is 0 Å². The average Bonchev–Trinajstić information content (AvgIpc) is 3.25. The smallest absolute Gasteiger partial charge is 0.277 e. The highest BCUT2D eigenvalue weighted by atomic mass is 32.2. The van der Waals surface area contributed by atoms with E-state index in [0.717, 1.165) is 5.56 Å². The summed E-state index contributed by atoms with van der Waals surface area (Å²) in [6.07, 6.45) is 0. The first kappa shape index (κ1) is 20.7. The highest BCUT2D eigenvalue weighted by Gasteiger charge is 2.19. The summed E-state index contributed by atoms with van der Waals surface area (Å²) < 4.78 is 16.2. The van der Waals surface area contributed by atoms with Gasteiger partial charge in [-0.1, -0.05) is 42.1 Å². The molecule has 3 rings (SSSR count). The third-order valence-corrected chi connectivity index (χ3v) is 5.42. The standard InChI is InChI=1S/C21H23N3O4S/c1-14(15-8-6-5-7-9-15)24(2)19(25)13-29-21-23-22-20(28-21)16-10-11-17(26-3)18(12-16)27-4/h5-12,14H,13H2,1-4H3. The van der Waals surface area contributed by atoms with Crippen LogP contribution in [0.15, 0.2) is 58.2 Å². The van der Waals surface area contributed by atoms with Crippen LogP contribution in [0.25, 0.3) is 11.5 Å². The number of hydrogen-bond donors (Lipinski definition) is 0. The molecule has 0 radical (unpaired) electrons. The lowest BCUT2D eigenvalue weighted by atomic mass is 10.1. The Hall–Kier alpha value is -3.00. The van der Waals surface area contributed by atoms with Gasteiger partial charge in [0, 0.05) is 12.6 Å². The molecule has 0 saturated heterocycles. The van der Waals surface area contributed by atoms with Crippen LogP contribution in [0.3, 0.4) is 0 Å². The maximum atomic E-state index is 12.5. The van der Waals surface area contributed by atoms with Crippen molar-refractivity contribution >= 4 is 17.7 Å². The van der Waals surface area contributed by atoms with E-state index in [-0.39, 0.29) is 17.7 Å². The predicted molar refractivity (Wildman–Crippen MR) is 111 cm³/mol. The van der Waals surface area contributed by atoms with Crippen molar-refractivity contribution in [1.29, 1.82) is 0 Å². The second-order valence-corrected chi connectivity index (χ2v) is 7.25. The summed E-state index contributed by atoms with van der Waals surface area (Å²) in [6.45, 7) is 2.00. The summed E-state index contributed by atoms with van der Waals surface area (Å²) in [7, 11) is 4.93. The number of carbonyl (C=O) groups is 1. The Morgan fingerprint density at radius 2 is 1.83 bits per heavy atom. The van der Waals surface area contributed by atoms with Crippen LogP contribution in [-0.2, 0) is 4.79 Å². The quantitative estimate of drug-likeness (QED) is 0.515. The molecule has 0 N–H and O–H groups in total. The number of aromatic nitrogens is 2. The van der Waals surface area contributed by atoms with Crippen LogP contribution in [0.4, 0.5) is 0 Å². The molecule has 29 heavy (non-hydrogen) atoms. The van der Waals surface area contributed by atoms with E-state index in [4.69, 9.17) is 13.9 Å². The van der Waals surface area contributed by atoms with Crippen molar-refractivity contribution in [2.45, 2.75) is 18.2 Å². The van der Waals surface area contributed by atoms with E-state index in [1.165, 1.54) is 11.8 Å². The molecule has 0 aliphatic carbocycles. The molecular formula is C21H23N3O4S. The van der Waals surface area contributed by atoms with Gasteiger partial charge < -0.3 is 18.8 Å². The summed E-state index contributed by atoms with van der Waals surface area (Å²) in [6, 6.07) is 15.2. The molecule has 0 aliphatic rings. The molecular weight excluding hydrogens is 390 g/mol. The van der Waals surface area contributed by atoms with Crippen LogP contribution in [-0.4, -0.2) is 48.0 Å². The fourth-order valence-electron chi connectivity index (χ4n) is 2.75.